The van der Waals surface area contributed by atoms with Gasteiger partial charge in [0.05, 0.1) is 0 Å². The number of alkyl halides is 2. The van der Waals surface area contributed by atoms with E-state index in [0.29, 0.717) is 0 Å². The summed E-state index contributed by atoms with van der Waals surface area (Å²) < 4.78 is 61.6. The van der Waals surface area contributed by atoms with E-state index >= 15 is 0 Å². The second kappa shape index (κ2) is 2.83. The third-order valence-corrected chi connectivity index (χ3v) is 3.50. The van der Waals surface area contributed by atoms with Crippen molar-refractivity contribution in [2.45, 2.75) is 11.0 Å². The molecule has 1 N–H and O–H groups in total. The quantitative estimate of drug-likeness (QED) is 0.836. The van der Waals surface area contributed by atoms with E-state index in [9.17, 15) is 22.0 Å². The Labute approximate surface area is 97.0 Å². The molecule has 1 aliphatic heterocycles. The van der Waals surface area contributed by atoms with Crippen LogP contribution in [0.15, 0.2) is 15.4 Å². The second-order valence-electron chi connectivity index (χ2n) is 3.42. The Bertz CT molecular complexity index is 760. The minimum absolute atomic E-state index is 0.263. The zero-order valence-electron chi connectivity index (χ0n) is 8.14. The molecule has 96 valence electrons. The Morgan fingerprint density at radius 3 is 2.72 bits per heavy atom. The molecule has 0 radical (unpaired) electrons. The Morgan fingerprint density at radius 1 is 1.44 bits per heavy atom. The molecule has 7 nitrogen and oxygen atoms in total. The Morgan fingerprint density at radius 2 is 2.11 bits per heavy atom. The average molecular weight is 280 g/mol. The molecular formula is C8H2F2O7S. The minimum atomic E-state index is -4.52. The van der Waals surface area contributed by atoms with Gasteiger partial charge in [-0.15, -0.1) is 0 Å². The zero-order valence-corrected chi connectivity index (χ0v) is 8.95. The van der Waals surface area contributed by atoms with Crippen molar-refractivity contribution in [2.75, 3.05) is 0 Å². The zero-order chi connectivity index (χ0) is 13.3. The lowest BCUT2D eigenvalue weighted by atomic mass is 10.3. The highest BCUT2D eigenvalue weighted by atomic mass is 32.2. The van der Waals surface area contributed by atoms with Gasteiger partial charge in [-0.3, -0.25) is 0 Å². The van der Waals surface area contributed by atoms with Crippen LogP contribution < -0.4 is 8.92 Å². The summed E-state index contributed by atoms with van der Waals surface area (Å²) in [4.78, 5) is 9.93. The number of hydrogen-bond donors (Lipinski definition) is 1. The molecule has 0 fully saturated rings. The summed E-state index contributed by atoms with van der Waals surface area (Å²) in [5.74, 6) is -3.82. The van der Waals surface area contributed by atoms with Crippen LogP contribution in [-0.2, 0) is 14.9 Å². The Balaban J connectivity index is 2.10. The molecule has 3 heterocycles. The van der Waals surface area contributed by atoms with Gasteiger partial charge in [0, 0.05) is 6.07 Å². The van der Waals surface area contributed by atoms with Gasteiger partial charge in [-0.2, -0.15) is 17.2 Å². The number of furan rings is 2. The van der Waals surface area contributed by atoms with Gasteiger partial charge in [0.1, 0.15) is 0 Å². The largest absolute Gasteiger partial charge is 0.502 e. The van der Waals surface area contributed by atoms with Crippen molar-refractivity contribution in [3.63, 3.8) is 0 Å². The molecule has 18 heavy (non-hydrogen) atoms. The van der Waals surface area contributed by atoms with Gasteiger partial charge in [-0.1, -0.05) is 0 Å². The highest BCUT2D eigenvalue weighted by Crippen LogP contribution is 2.52. The lowest BCUT2D eigenvalue weighted by molar-refractivity contribution is -0.210. The number of carbonyl (C=O) groups is 1. The number of fused-ring (bicyclic) bond motifs is 1. The smallest absolute Gasteiger partial charge is 0.474 e. The van der Waals surface area contributed by atoms with Crippen LogP contribution in [0.25, 0.3) is 11.2 Å². The van der Waals surface area contributed by atoms with E-state index < -0.39 is 33.7 Å². The number of aliphatic carboxylic acids is 1. The van der Waals surface area contributed by atoms with Crippen LogP contribution in [0.3, 0.4) is 0 Å². The van der Waals surface area contributed by atoms with E-state index in [2.05, 4.69) is 8.92 Å². The molecule has 0 atom stereocenters. The highest BCUT2D eigenvalue weighted by molar-refractivity contribution is 7.87. The molecule has 1 aliphatic rings. The van der Waals surface area contributed by atoms with Crippen LogP contribution in [0, 0.1) is 0 Å². The predicted molar refractivity (Wildman–Crippen MR) is 48.4 cm³/mol. The summed E-state index contributed by atoms with van der Waals surface area (Å²) >= 11 is 0. The van der Waals surface area contributed by atoms with Crippen molar-refractivity contribution < 1.29 is 40.4 Å². The monoisotopic (exact) mass is 280 g/mol. The first-order valence-electron chi connectivity index (χ1n) is 4.36. The van der Waals surface area contributed by atoms with Gasteiger partial charge in [-0.05, 0) is 0 Å². The van der Waals surface area contributed by atoms with Crippen molar-refractivity contribution in [1.82, 2.24) is 0 Å². The maximum Gasteiger partial charge on any atom is 0.502 e. The summed E-state index contributed by atoms with van der Waals surface area (Å²) in [5.41, 5.74) is -0.585. The Hall–Kier alpha value is -2.10. The number of halogens is 2. The number of hydrogen-bond acceptors (Lipinski definition) is 6. The SMILES string of the molecule is O=C(O)C(F)(F)Oc1c2c3oc1cc3S(=O)(=O)O2. The molecule has 2 bridgehead atoms. The van der Waals surface area contributed by atoms with Gasteiger partial charge in [0.2, 0.25) is 11.5 Å². The van der Waals surface area contributed by atoms with Crippen LogP contribution in [0.1, 0.15) is 0 Å². The highest BCUT2D eigenvalue weighted by Gasteiger charge is 2.48. The number of carboxylic acid groups (broad SMARTS) is 1. The first kappa shape index (κ1) is 11.0. The van der Waals surface area contributed by atoms with Crippen molar-refractivity contribution in [3.8, 4) is 11.5 Å². The second-order valence-corrected chi connectivity index (χ2v) is 4.94. The fraction of sp³-hybridized carbons (Fsp3) is 0.125. The normalized spacial score (nSPS) is 17.0. The first-order chi connectivity index (χ1) is 8.22. The first-order valence-corrected chi connectivity index (χ1v) is 5.77. The maximum absolute atomic E-state index is 12.9. The van der Waals surface area contributed by atoms with Crippen molar-refractivity contribution in [2.24, 2.45) is 0 Å². The number of ether oxygens (including phenoxy) is 1. The molecule has 0 saturated heterocycles. The fourth-order valence-corrected chi connectivity index (χ4v) is 2.62. The van der Waals surface area contributed by atoms with Crippen LogP contribution in [-0.4, -0.2) is 25.6 Å². The molecule has 0 amide bonds. The lowest BCUT2D eigenvalue weighted by Gasteiger charge is -2.11. The molecule has 0 aliphatic carbocycles. The number of rotatable bonds is 3. The van der Waals surface area contributed by atoms with Crippen LogP contribution >= 0.6 is 0 Å². The van der Waals surface area contributed by atoms with Gasteiger partial charge < -0.3 is 18.4 Å². The molecular weight excluding hydrogens is 278 g/mol. The average Bonchev–Trinajstić information content (AvgIpc) is 2.81. The molecule has 3 rings (SSSR count). The van der Waals surface area contributed by atoms with Crippen molar-refractivity contribution in [3.05, 3.63) is 6.07 Å². The van der Waals surface area contributed by atoms with Gasteiger partial charge in [-0.25, -0.2) is 4.79 Å². The molecule has 0 spiro atoms. The molecule has 2 aromatic rings. The summed E-state index contributed by atoms with van der Waals surface area (Å²) in [6.45, 7) is 0. The van der Waals surface area contributed by atoms with Crippen molar-refractivity contribution >= 4 is 27.3 Å². The van der Waals surface area contributed by atoms with Gasteiger partial charge >= 0.3 is 22.2 Å². The van der Waals surface area contributed by atoms with E-state index in [1.54, 1.807) is 0 Å². The van der Waals surface area contributed by atoms with Gasteiger partial charge in [0.25, 0.3) is 0 Å². The van der Waals surface area contributed by atoms with Crippen LogP contribution in [0.2, 0.25) is 0 Å². The van der Waals surface area contributed by atoms with Gasteiger partial charge in [0.15, 0.2) is 16.1 Å². The Kier molecular flexibility index (Phi) is 1.73. The molecule has 2 aromatic heterocycles. The third-order valence-electron chi connectivity index (χ3n) is 2.28. The van der Waals surface area contributed by atoms with E-state index in [-0.39, 0.29) is 16.1 Å². The lowest BCUT2D eigenvalue weighted by Crippen LogP contribution is -2.34. The molecule has 0 aromatic carbocycles. The topological polar surface area (TPSA) is 103 Å². The van der Waals surface area contributed by atoms with Crippen LogP contribution in [0.5, 0.6) is 11.5 Å². The standard InChI is InChI=1S/C8H2F2O7S/c9-8(10,7(11)12)16-4-2-1-3-5(15-2)6(4)17-18(3,13)14/h1H,(H,11,12). The summed E-state index contributed by atoms with van der Waals surface area (Å²) in [6.07, 6.45) is -4.52. The maximum atomic E-state index is 12.9. The predicted octanol–water partition coefficient (Wildman–Crippen LogP) is 1.01. The molecule has 0 saturated carbocycles. The van der Waals surface area contributed by atoms with E-state index in [1.165, 1.54) is 0 Å². The fourth-order valence-electron chi connectivity index (χ4n) is 1.54. The van der Waals surface area contributed by atoms with Crippen molar-refractivity contribution in [1.29, 1.82) is 0 Å². The van der Waals surface area contributed by atoms with E-state index in [4.69, 9.17) is 9.52 Å². The minimum Gasteiger partial charge on any atom is -0.474 e. The molecule has 10 heteroatoms. The number of benzene rings is 1. The summed E-state index contributed by atoms with van der Waals surface area (Å²) in [5, 5.41) is 8.21. The summed E-state index contributed by atoms with van der Waals surface area (Å²) in [6, 6.07) is 0.925. The summed E-state index contributed by atoms with van der Waals surface area (Å²) in [7, 11) is -4.09. The number of carboxylic acids is 1. The third kappa shape index (κ3) is 1.20. The van der Waals surface area contributed by atoms with Crippen LogP contribution in [0.4, 0.5) is 8.78 Å². The molecule has 0 unspecified atom stereocenters. The van der Waals surface area contributed by atoms with E-state index in [1.807, 2.05) is 0 Å². The van der Waals surface area contributed by atoms with E-state index in [0.717, 1.165) is 6.07 Å².